The topological polar surface area (TPSA) is 106 Å². The number of primary amides is 1. The maximum absolute atomic E-state index is 11.8. The largest absolute Gasteiger partial charge is 0.460 e. The van der Waals surface area contributed by atoms with Crippen LogP contribution < -0.4 is 16.4 Å². The van der Waals surface area contributed by atoms with Gasteiger partial charge in [0.25, 0.3) is 0 Å². The highest BCUT2D eigenvalue weighted by Crippen LogP contribution is 2.33. The van der Waals surface area contributed by atoms with Gasteiger partial charge in [0.05, 0.1) is 11.3 Å². The van der Waals surface area contributed by atoms with Crippen molar-refractivity contribution in [1.29, 1.82) is 0 Å². The molecule has 1 aliphatic rings. The number of nitrogens with zero attached hydrogens (tertiary/aromatic N) is 2. The molecule has 0 spiro atoms. The fourth-order valence-corrected chi connectivity index (χ4v) is 3.85. The Morgan fingerprint density at radius 1 is 1.10 bits per heavy atom. The van der Waals surface area contributed by atoms with E-state index in [1.165, 1.54) is 5.56 Å². The maximum Gasteiger partial charge on any atom is 0.249 e. The smallest absolute Gasteiger partial charge is 0.249 e. The predicted octanol–water partition coefficient (Wildman–Crippen LogP) is 3.25. The summed E-state index contributed by atoms with van der Waals surface area (Å²) in [5.41, 5.74) is 9.19. The van der Waals surface area contributed by atoms with Crippen LogP contribution in [0, 0.1) is 0 Å². The van der Waals surface area contributed by atoms with Crippen LogP contribution in [0.15, 0.2) is 59.2 Å². The molecule has 1 amide bonds. The zero-order chi connectivity index (χ0) is 20.5. The van der Waals surface area contributed by atoms with E-state index in [9.17, 15) is 4.79 Å². The van der Waals surface area contributed by atoms with Gasteiger partial charge in [0.1, 0.15) is 12.1 Å². The van der Waals surface area contributed by atoms with Crippen LogP contribution in [0.5, 0.6) is 0 Å². The molecule has 7 nitrogen and oxygen atoms in total. The van der Waals surface area contributed by atoms with Crippen LogP contribution >= 0.6 is 0 Å². The molecule has 2 aromatic heterocycles. The molecule has 2 aromatic carbocycles. The first-order chi connectivity index (χ1) is 14.7. The van der Waals surface area contributed by atoms with Gasteiger partial charge in [0.15, 0.2) is 11.6 Å². The van der Waals surface area contributed by atoms with Gasteiger partial charge in [-0.1, -0.05) is 42.5 Å². The van der Waals surface area contributed by atoms with E-state index in [2.05, 4.69) is 22.8 Å². The summed E-state index contributed by atoms with van der Waals surface area (Å²) in [6.45, 7) is 2.24. The van der Waals surface area contributed by atoms with Crippen molar-refractivity contribution in [1.82, 2.24) is 15.3 Å². The van der Waals surface area contributed by atoms with Crippen LogP contribution in [-0.4, -0.2) is 22.4 Å². The lowest BCUT2D eigenvalue weighted by molar-refractivity contribution is 0.100. The van der Waals surface area contributed by atoms with Crippen molar-refractivity contribution >= 4 is 22.5 Å². The molecule has 4 N–H and O–H groups in total. The molecule has 0 fully saturated rings. The second-order valence-corrected chi connectivity index (χ2v) is 7.28. The number of nitrogens with one attached hydrogen (secondary N) is 2. The number of aromatic nitrogens is 2. The number of fused-ring (bicyclic) bond motifs is 2. The fourth-order valence-electron chi connectivity index (χ4n) is 3.85. The van der Waals surface area contributed by atoms with E-state index in [1.807, 2.05) is 24.3 Å². The van der Waals surface area contributed by atoms with Crippen LogP contribution in [0.1, 0.15) is 27.2 Å². The third-order valence-corrected chi connectivity index (χ3v) is 5.35. The van der Waals surface area contributed by atoms with Gasteiger partial charge in [-0.2, -0.15) is 0 Å². The molecule has 0 saturated heterocycles. The Bertz CT molecular complexity index is 1230. The van der Waals surface area contributed by atoms with Gasteiger partial charge in [0.2, 0.25) is 5.91 Å². The highest BCUT2D eigenvalue weighted by Gasteiger charge is 2.22. The first-order valence-electron chi connectivity index (χ1n) is 9.89. The van der Waals surface area contributed by atoms with E-state index < -0.39 is 5.91 Å². The summed E-state index contributed by atoms with van der Waals surface area (Å²) in [5.74, 6) is 1.35. The Morgan fingerprint density at radius 2 is 1.97 bits per heavy atom. The molecule has 0 saturated carbocycles. The van der Waals surface area contributed by atoms with Gasteiger partial charge < -0.3 is 20.8 Å². The Hall–Kier alpha value is -3.71. The summed E-state index contributed by atoms with van der Waals surface area (Å²) < 4.78 is 5.82. The Morgan fingerprint density at radius 3 is 2.80 bits per heavy atom. The highest BCUT2D eigenvalue weighted by molar-refractivity contribution is 6.08. The minimum atomic E-state index is -0.492. The molecular formula is C23H21N5O2. The third-order valence-electron chi connectivity index (χ3n) is 5.35. The molecule has 0 aliphatic carbocycles. The number of carbonyl (C=O) groups excluding carboxylic acids is 1. The molecule has 0 bridgehead atoms. The molecule has 5 rings (SSSR count). The quantitative estimate of drug-likeness (QED) is 0.476. The van der Waals surface area contributed by atoms with Crippen LogP contribution in [0.25, 0.3) is 22.4 Å². The summed E-state index contributed by atoms with van der Waals surface area (Å²) >= 11 is 0. The van der Waals surface area contributed by atoms with Gasteiger partial charge in [0, 0.05) is 29.4 Å². The van der Waals surface area contributed by atoms with Crippen molar-refractivity contribution in [3.05, 3.63) is 77.2 Å². The summed E-state index contributed by atoms with van der Waals surface area (Å²) in [4.78, 5) is 21.3. The van der Waals surface area contributed by atoms with E-state index in [4.69, 9.17) is 20.1 Å². The van der Waals surface area contributed by atoms with Crippen molar-refractivity contribution in [3.63, 3.8) is 0 Å². The number of carbonyl (C=O) groups is 1. The lowest BCUT2D eigenvalue weighted by Crippen LogP contribution is -2.26. The Balaban J connectivity index is 1.58. The average Bonchev–Trinajstić information content (AvgIpc) is 3.22. The van der Waals surface area contributed by atoms with Gasteiger partial charge in [-0.15, -0.1) is 0 Å². The number of amides is 1. The zero-order valence-electron chi connectivity index (χ0n) is 16.3. The van der Waals surface area contributed by atoms with Crippen LogP contribution in [-0.2, 0) is 19.5 Å². The Kier molecular flexibility index (Phi) is 4.65. The number of furan rings is 1. The second-order valence-electron chi connectivity index (χ2n) is 7.28. The van der Waals surface area contributed by atoms with Gasteiger partial charge in [-0.05, 0) is 24.6 Å². The SMILES string of the molecule is NC(=O)c1cccc2c(-c3nc4c(c(NCc5ccccc5)n3)CCNC4)occ12. The van der Waals surface area contributed by atoms with Gasteiger partial charge in [-0.3, -0.25) is 4.79 Å². The summed E-state index contributed by atoms with van der Waals surface area (Å²) in [6, 6.07) is 15.6. The van der Waals surface area contributed by atoms with Gasteiger partial charge in [-0.25, -0.2) is 9.97 Å². The molecule has 7 heteroatoms. The summed E-state index contributed by atoms with van der Waals surface area (Å²) in [5, 5.41) is 8.27. The van der Waals surface area contributed by atoms with Crippen molar-refractivity contribution in [3.8, 4) is 11.6 Å². The van der Waals surface area contributed by atoms with E-state index >= 15 is 0 Å². The molecule has 150 valence electrons. The normalized spacial score (nSPS) is 13.2. The molecule has 4 aromatic rings. The fraction of sp³-hybridized carbons (Fsp3) is 0.174. The van der Waals surface area contributed by atoms with E-state index in [0.29, 0.717) is 35.6 Å². The lowest BCUT2D eigenvalue weighted by Gasteiger charge is -2.20. The first kappa shape index (κ1) is 18.3. The lowest BCUT2D eigenvalue weighted by atomic mass is 10.1. The molecule has 0 radical (unpaired) electrons. The van der Waals surface area contributed by atoms with Crippen molar-refractivity contribution in [2.75, 3.05) is 11.9 Å². The van der Waals surface area contributed by atoms with Crippen LogP contribution in [0.4, 0.5) is 5.82 Å². The molecule has 3 heterocycles. The second kappa shape index (κ2) is 7.61. The van der Waals surface area contributed by atoms with E-state index in [-0.39, 0.29) is 0 Å². The molecule has 1 aliphatic heterocycles. The van der Waals surface area contributed by atoms with Gasteiger partial charge >= 0.3 is 0 Å². The summed E-state index contributed by atoms with van der Waals surface area (Å²) in [6.07, 6.45) is 2.40. The van der Waals surface area contributed by atoms with Crippen LogP contribution in [0.2, 0.25) is 0 Å². The van der Waals surface area contributed by atoms with Crippen molar-refractivity contribution in [2.24, 2.45) is 5.73 Å². The molecular weight excluding hydrogens is 378 g/mol. The standard InChI is InChI=1S/C23H21N5O2/c24-21(29)16-8-4-7-15-18(16)13-30-20(15)23-27-19-12-25-10-9-17(19)22(28-23)26-11-14-5-2-1-3-6-14/h1-8,13,25H,9-12H2,(H2,24,29)(H,26,27,28). The first-order valence-corrected chi connectivity index (χ1v) is 9.89. The van der Waals surface area contributed by atoms with E-state index in [1.54, 1.807) is 18.4 Å². The minimum Gasteiger partial charge on any atom is -0.460 e. The number of anilines is 1. The number of hydrogen-bond acceptors (Lipinski definition) is 6. The number of benzene rings is 2. The zero-order valence-corrected chi connectivity index (χ0v) is 16.3. The highest BCUT2D eigenvalue weighted by atomic mass is 16.3. The molecule has 0 atom stereocenters. The van der Waals surface area contributed by atoms with E-state index in [0.717, 1.165) is 35.4 Å². The van der Waals surface area contributed by atoms with Crippen molar-refractivity contribution in [2.45, 2.75) is 19.5 Å². The number of rotatable bonds is 5. The van der Waals surface area contributed by atoms with Crippen LogP contribution in [0.3, 0.4) is 0 Å². The summed E-state index contributed by atoms with van der Waals surface area (Å²) in [7, 11) is 0. The molecule has 30 heavy (non-hydrogen) atoms. The molecule has 0 unspecified atom stereocenters. The third kappa shape index (κ3) is 3.29. The predicted molar refractivity (Wildman–Crippen MR) is 115 cm³/mol. The van der Waals surface area contributed by atoms with Crippen molar-refractivity contribution < 1.29 is 9.21 Å². The minimum absolute atomic E-state index is 0.421. The monoisotopic (exact) mass is 399 g/mol. The maximum atomic E-state index is 11.8. The number of hydrogen-bond donors (Lipinski definition) is 3. The number of nitrogens with two attached hydrogens (primary N) is 1. The average molecular weight is 399 g/mol. The Labute approximate surface area is 173 Å².